The Morgan fingerprint density at radius 2 is 1.37 bits per heavy atom. The lowest BCUT2D eigenvalue weighted by Crippen LogP contribution is -2.29. The molecule has 4 rings (SSSR count). The lowest BCUT2D eigenvalue weighted by atomic mass is 9.98. The third kappa shape index (κ3) is 8.74. The second-order valence-corrected chi connectivity index (χ2v) is 11.8. The highest BCUT2D eigenvalue weighted by atomic mass is 35.5. The van der Waals surface area contributed by atoms with Gasteiger partial charge in [-0.15, -0.1) is 0 Å². The summed E-state index contributed by atoms with van der Waals surface area (Å²) >= 11 is 18.7. The van der Waals surface area contributed by atoms with Crippen LogP contribution in [0.1, 0.15) is 43.1 Å². The Hall–Kier alpha value is -3.51. The number of anilines is 1. The molecule has 212 valence electrons. The summed E-state index contributed by atoms with van der Waals surface area (Å²) in [4.78, 5) is 24.5. The monoisotopic (exact) mass is 608 g/mol. The molecule has 0 unspecified atom stereocenters. The van der Waals surface area contributed by atoms with Crippen LogP contribution in [0.25, 0.3) is 22.3 Å². The Kier molecular flexibility index (Phi) is 9.98. The summed E-state index contributed by atoms with van der Waals surface area (Å²) in [6, 6.07) is 26.6. The van der Waals surface area contributed by atoms with Crippen LogP contribution < -0.4 is 10.6 Å². The molecule has 0 atom stereocenters. The summed E-state index contributed by atoms with van der Waals surface area (Å²) in [5.74, 6) is -0.603. The van der Waals surface area contributed by atoms with Crippen LogP contribution in [0.2, 0.25) is 15.1 Å². The average Bonchev–Trinajstić information content (AvgIpc) is 2.92. The normalized spacial score (nSPS) is 11.2. The number of carbonyl (C=O) groups is 2. The molecule has 1 amide bonds. The van der Waals surface area contributed by atoms with Crippen molar-refractivity contribution in [2.24, 2.45) is 0 Å². The molecular formula is C33H31Cl3N2O3. The minimum Gasteiger partial charge on any atom is -0.460 e. The van der Waals surface area contributed by atoms with E-state index in [1.165, 1.54) is 0 Å². The van der Waals surface area contributed by atoms with Crippen LogP contribution >= 0.6 is 34.8 Å². The molecule has 8 heteroatoms. The summed E-state index contributed by atoms with van der Waals surface area (Å²) in [7, 11) is 0. The van der Waals surface area contributed by atoms with E-state index in [0.717, 1.165) is 33.5 Å². The molecule has 41 heavy (non-hydrogen) atoms. The van der Waals surface area contributed by atoms with Crippen molar-refractivity contribution < 1.29 is 14.3 Å². The summed E-state index contributed by atoms with van der Waals surface area (Å²) in [5.41, 5.74) is 5.77. The summed E-state index contributed by atoms with van der Waals surface area (Å²) in [6.07, 6.45) is 0.109. The minimum atomic E-state index is -0.553. The first-order chi connectivity index (χ1) is 19.5. The van der Waals surface area contributed by atoms with Crippen LogP contribution in [0, 0.1) is 0 Å². The maximum absolute atomic E-state index is 12.6. The van der Waals surface area contributed by atoms with E-state index in [9.17, 15) is 9.59 Å². The Morgan fingerprint density at radius 1 is 0.756 bits per heavy atom. The molecule has 0 aliphatic carbocycles. The van der Waals surface area contributed by atoms with Gasteiger partial charge in [-0.3, -0.25) is 9.59 Å². The zero-order chi connectivity index (χ0) is 29.6. The molecule has 0 bridgehead atoms. The van der Waals surface area contributed by atoms with Gasteiger partial charge in [0.1, 0.15) is 5.60 Å². The van der Waals surface area contributed by atoms with Crippen molar-refractivity contribution in [3.63, 3.8) is 0 Å². The van der Waals surface area contributed by atoms with E-state index in [2.05, 4.69) is 10.6 Å². The summed E-state index contributed by atoms with van der Waals surface area (Å²) in [6.45, 7) is 6.20. The third-order valence-electron chi connectivity index (χ3n) is 6.17. The number of rotatable bonds is 9. The maximum Gasteiger partial charge on any atom is 0.308 e. The lowest BCUT2D eigenvalue weighted by Gasteiger charge is -2.19. The van der Waals surface area contributed by atoms with Crippen molar-refractivity contribution in [1.29, 1.82) is 0 Å². The average molecular weight is 610 g/mol. The maximum atomic E-state index is 12.6. The highest BCUT2D eigenvalue weighted by Crippen LogP contribution is 2.32. The van der Waals surface area contributed by atoms with Crippen LogP contribution in [0.4, 0.5) is 5.69 Å². The Bertz CT molecular complexity index is 1530. The topological polar surface area (TPSA) is 67.4 Å². The van der Waals surface area contributed by atoms with Gasteiger partial charge in [0.15, 0.2) is 0 Å². The van der Waals surface area contributed by atoms with E-state index in [1.54, 1.807) is 18.2 Å². The van der Waals surface area contributed by atoms with Gasteiger partial charge in [-0.2, -0.15) is 0 Å². The van der Waals surface area contributed by atoms with Gasteiger partial charge in [-0.05, 0) is 91.6 Å². The highest BCUT2D eigenvalue weighted by molar-refractivity contribution is 6.36. The molecule has 4 aromatic carbocycles. The van der Waals surface area contributed by atoms with Gasteiger partial charge in [-0.25, -0.2) is 0 Å². The minimum absolute atomic E-state index is 0.109. The van der Waals surface area contributed by atoms with Crippen molar-refractivity contribution in [3.8, 4) is 22.3 Å². The number of nitrogens with one attached hydrogen (secondary N) is 2. The molecule has 0 aliphatic heterocycles. The predicted octanol–water partition coefficient (Wildman–Crippen LogP) is 9.05. The van der Waals surface area contributed by atoms with Gasteiger partial charge in [-0.1, -0.05) is 71.2 Å². The van der Waals surface area contributed by atoms with Gasteiger partial charge in [0, 0.05) is 45.0 Å². The van der Waals surface area contributed by atoms with E-state index < -0.39 is 5.60 Å². The summed E-state index contributed by atoms with van der Waals surface area (Å²) in [5, 5.41) is 8.07. The predicted molar refractivity (Wildman–Crippen MR) is 169 cm³/mol. The molecule has 5 nitrogen and oxygen atoms in total. The SMILES string of the molecule is CC(C)(C)OC(=O)CCNC(=O)c1ccc(-c2cc(Cl)ccc2CNc2ccc(-c3ccc(Cl)cc3Cl)cc2)cc1. The van der Waals surface area contributed by atoms with Crippen molar-refractivity contribution in [3.05, 3.63) is 111 Å². The Labute approximate surface area is 255 Å². The number of ether oxygens (including phenoxy) is 1. The standard InChI is InChI=1S/C33H31Cl3N2O3/c1-33(2,3)41-31(39)16-17-37-32(40)23-6-4-22(5-7-23)29-18-25(34)11-8-24(29)20-38-27-13-9-21(10-14-27)28-15-12-26(35)19-30(28)36/h4-15,18-19,38H,16-17,20H2,1-3H3,(H,37,40). The van der Waals surface area contributed by atoms with E-state index >= 15 is 0 Å². The fraction of sp³-hybridized carbons (Fsp3) is 0.212. The molecule has 0 spiro atoms. The quantitative estimate of drug-likeness (QED) is 0.186. The van der Waals surface area contributed by atoms with Crippen LogP contribution in [0.15, 0.2) is 84.9 Å². The van der Waals surface area contributed by atoms with Gasteiger partial charge in [0.05, 0.1) is 6.42 Å². The zero-order valence-corrected chi connectivity index (χ0v) is 25.3. The number of amides is 1. The van der Waals surface area contributed by atoms with Gasteiger partial charge in [0.25, 0.3) is 5.91 Å². The van der Waals surface area contributed by atoms with Crippen LogP contribution in [-0.4, -0.2) is 24.0 Å². The van der Waals surface area contributed by atoms with E-state index in [1.807, 2.05) is 87.5 Å². The smallest absolute Gasteiger partial charge is 0.308 e. The number of esters is 1. The molecule has 2 N–H and O–H groups in total. The molecule has 0 aromatic heterocycles. The number of hydrogen-bond donors (Lipinski definition) is 2. The van der Waals surface area contributed by atoms with Crippen LogP contribution in [0.3, 0.4) is 0 Å². The van der Waals surface area contributed by atoms with Crippen molar-refractivity contribution in [2.75, 3.05) is 11.9 Å². The first-order valence-corrected chi connectivity index (χ1v) is 14.3. The van der Waals surface area contributed by atoms with Crippen molar-refractivity contribution >= 4 is 52.4 Å². The molecular weight excluding hydrogens is 579 g/mol. The second kappa shape index (κ2) is 13.4. The second-order valence-electron chi connectivity index (χ2n) is 10.5. The Morgan fingerprint density at radius 3 is 2.02 bits per heavy atom. The molecule has 0 fully saturated rings. The zero-order valence-electron chi connectivity index (χ0n) is 23.1. The van der Waals surface area contributed by atoms with Crippen LogP contribution in [-0.2, 0) is 16.1 Å². The fourth-order valence-corrected chi connectivity index (χ4v) is 4.92. The number of hydrogen-bond acceptors (Lipinski definition) is 4. The van der Waals surface area contributed by atoms with Crippen LogP contribution in [0.5, 0.6) is 0 Å². The van der Waals surface area contributed by atoms with Crippen molar-refractivity contribution in [2.45, 2.75) is 39.3 Å². The molecule has 0 aliphatic rings. The van der Waals surface area contributed by atoms with E-state index in [0.29, 0.717) is 27.2 Å². The number of benzene rings is 4. The lowest BCUT2D eigenvalue weighted by molar-refractivity contribution is -0.154. The first-order valence-electron chi connectivity index (χ1n) is 13.2. The Balaban J connectivity index is 1.40. The van der Waals surface area contributed by atoms with Gasteiger partial charge >= 0.3 is 5.97 Å². The largest absolute Gasteiger partial charge is 0.460 e. The van der Waals surface area contributed by atoms with E-state index in [-0.39, 0.29) is 24.8 Å². The fourth-order valence-electron chi connectivity index (χ4n) is 4.23. The molecule has 4 aromatic rings. The number of carbonyl (C=O) groups excluding carboxylic acids is 2. The summed E-state index contributed by atoms with van der Waals surface area (Å²) < 4.78 is 5.28. The number of halogens is 3. The van der Waals surface area contributed by atoms with Gasteiger partial charge < -0.3 is 15.4 Å². The third-order valence-corrected chi connectivity index (χ3v) is 6.96. The van der Waals surface area contributed by atoms with Gasteiger partial charge in [0.2, 0.25) is 0 Å². The highest BCUT2D eigenvalue weighted by Gasteiger charge is 2.16. The first kappa shape index (κ1) is 30.4. The molecule has 0 saturated heterocycles. The van der Waals surface area contributed by atoms with Crippen molar-refractivity contribution in [1.82, 2.24) is 5.32 Å². The molecule has 0 heterocycles. The van der Waals surface area contributed by atoms with E-state index in [4.69, 9.17) is 39.5 Å². The molecule has 0 saturated carbocycles. The molecule has 0 radical (unpaired) electrons.